The summed E-state index contributed by atoms with van der Waals surface area (Å²) in [4.78, 5) is 27.8. The van der Waals surface area contributed by atoms with E-state index >= 15 is 0 Å². The molecule has 0 spiro atoms. The lowest BCUT2D eigenvalue weighted by molar-refractivity contribution is -0.150. The summed E-state index contributed by atoms with van der Waals surface area (Å²) in [6.07, 6.45) is 0.452. The molecule has 0 saturated carbocycles. The van der Waals surface area contributed by atoms with E-state index in [-0.39, 0.29) is 19.1 Å². The Morgan fingerprint density at radius 1 is 0.960 bits per heavy atom. The Morgan fingerprint density at radius 3 is 2.20 bits per heavy atom. The van der Waals surface area contributed by atoms with Gasteiger partial charge in [-0.15, -0.1) is 5.48 Å². The second kappa shape index (κ2) is 10.1. The predicted molar refractivity (Wildman–Crippen MR) is 93.2 cm³/mol. The maximum absolute atomic E-state index is 11.6. The molecule has 1 amide bonds. The summed E-state index contributed by atoms with van der Waals surface area (Å²) >= 11 is 0. The van der Waals surface area contributed by atoms with E-state index in [0.717, 1.165) is 11.1 Å². The van der Waals surface area contributed by atoms with Crippen molar-refractivity contribution in [3.05, 3.63) is 71.8 Å². The molecule has 2 rings (SSSR count). The molecule has 132 valence electrons. The van der Waals surface area contributed by atoms with Gasteiger partial charge in [-0.2, -0.15) is 0 Å². The maximum atomic E-state index is 11.6. The van der Waals surface area contributed by atoms with Gasteiger partial charge in [0.2, 0.25) is 0 Å². The Morgan fingerprint density at radius 2 is 1.56 bits per heavy atom. The lowest BCUT2D eigenvalue weighted by atomic mass is 10.0. The summed E-state index contributed by atoms with van der Waals surface area (Å²) in [5.74, 6) is -0.555. The van der Waals surface area contributed by atoms with Gasteiger partial charge in [0.15, 0.2) is 0 Å². The number of benzene rings is 2. The number of carbonyl (C=O) groups is 2. The summed E-state index contributed by atoms with van der Waals surface area (Å²) in [7, 11) is 0. The van der Waals surface area contributed by atoms with Crippen LogP contribution in [0.2, 0.25) is 0 Å². The Balaban J connectivity index is 1.59. The molecule has 0 heterocycles. The summed E-state index contributed by atoms with van der Waals surface area (Å²) < 4.78 is 4.93. The van der Waals surface area contributed by atoms with Crippen LogP contribution in [0, 0.1) is 0 Å². The summed E-state index contributed by atoms with van der Waals surface area (Å²) in [6, 6.07) is 18.9. The molecular formula is C19H22N2O4. The van der Waals surface area contributed by atoms with Gasteiger partial charge in [0, 0.05) is 12.5 Å². The van der Waals surface area contributed by atoms with Gasteiger partial charge in [-0.1, -0.05) is 60.7 Å². The fraction of sp³-hybridized carbons (Fsp3) is 0.263. The Bertz CT molecular complexity index is 662. The highest BCUT2D eigenvalue weighted by Gasteiger charge is 2.11. The van der Waals surface area contributed by atoms with Crippen LogP contribution >= 0.6 is 0 Å². The van der Waals surface area contributed by atoms with Crippen molar-refractivity contribution in [3.8, 4) is 0 Å². The molecule has 0 aliphatic carbocycles. The molecule has 0 radical (unpaired) electrons. The van der Waals surface area contributed by atoms with E-state index in [9.17, 15) is 9.59 Å². The van der Waals surface area contributed by atoms with Crippen molar-refractivity contribution < 1.29 is 19.2 Å². The molecule has 0 unspecified atom stereocenters. The second-order valence-corrected chi connectivity index (χ2v) is 5.63. The lowest BCUT2D eigenvalue weighted by Gasteiger charge is -2.11. The molecule has 2 aromatic rings. The highest BCUT2D eigenvalue weighted by Crippen LogP contribution is 2.06. The minimum atomic E-state index is -0.814. The highest BCUT2D eigenvalue weighted by molar-refractivity contribution is 5.73. The molecule has 6 heteroatoms. The number of hydrogen-bond acceptors (Lipinski definition) is 5. The van der Waals surface area contributed by atoms with E-state index in [4.69, 9.17) is 10.5 Å². The quantitative estimate of drug-likeness (QED) is 0.755. The highest BCUT2D eigenvalue weighted by atomic mass is 16.7. The molecule has 0 aliphatic heterocycles. The first-order chi connectivity index (χ1) is 12.1. The average molecular weight is 342 g/mol. The number of hydroxylamine groups is 1. The molecule has 3 N–H and O–H groups in total. The summed E-state index contributed by atoms with van der Waals surface area (Å²) in [6.45, 7) is 0.103. The van der Waals surface area contributed by atoms with Gasteiger partial charge in [0.05, 0.1) is 0 Å². The molecule has 0 aromatic heterocycles. The predicted octanol–water partition coefficient (Wildman–Crippen LogP) is 2.72. The molecule has 25 heavy (non-hydrogen) atoms. The number of nitrogens with one attached hydrogen (secondary N) is 1. The van der Waals surface area contributed by atoms with Gasteiger partial charge in [0.25, 0.3) is 0 Å². The van der Waals surface area contributed by atoms with E-state index in [0.29, 0.717) is 12.8 Å². The molecule has 6 nitrogen and oxygen atoms in total. The monoisotopic (exact) mass is 342 g/mol. The van der Waals surface area contributed by atoms with Crippen molar-refractivity contribution in [2.24, 2.45) is 5.73 Å². The molecule has 2 aromatic carbocycles. The smallest absolute Gasteiger partial charge is 0.441 e. The van der Waals surface area contributed by atoms with Crippen molar-refractivity contribution >= 4 is 12.1 Å². The van der Waals surface area contributed by atoms with E-state index < -0.39 is 12.1 Å². The first kappa shape index (κ1) is 18.5. The van der Waals surface area contributed by atoms with Gasteiger partial charge in [-0.25, -0.2) is 9.59 Å². The average Bonchev–Trinajstić information content (AvgIpc) is 2.64. The number of nitrogens with two attached hydrogens (primary N) is 1. The standard InChI is InChI=1S/C19H22N2O4/c20-17(13-15-7-3-1-4-8-15)11-12-18(22)25-21-19(23)24-14-16-9-5-2-6-10-16/h1-10,17H,11-14,20H2,(H,21,23)/t17-/m0/s1. The van der Waals surface area contributed by atoms with Crippen LogP contribution in [-0.2, 0) is 27.4 Å². The third-order valence-electron chi connectivity index (χ3n) is 3.52. The number of hydrogen-bond donors (Lipinski definition) is 2. The molecule has 0 aliphatic rings. The summed E-state index contributed by atoms with van der Waals surface area (Å²) in [5, 5.41) is 0. The van der Waals surface area contributed by atoms with Crippen molar-refractivity contribution in [1.82, 2.24) is 5.48 Å². The fourth-order valence-electron chi connectivity index (χ4n) is 2.22. The third-order valence-corrected chi connectivity index (χ3v) is 3.52. The van der Waals surface area contributed by atoms with Crippen molar-refractivity contribution in [1.29, 1.82) is 0 Å². The number of amides is 1. The first-order valence-electron chi connectivity index (χ1n) is 8.09. The topological polar surface area (TPSA) is 90.7 Å². The zero-order valence-corrected chi connectivity index (χ0v) is 13.9. The molecule has 0 saturated heterocycles. The summed E-state index contributed by atoms with van der Waals surface area (Å²) in [5.41, 5.74) is 9.94. The van der Waals surface area contributed by atoms with E-state index in [1.54, 1.807) is 0 Å². The molecular weight excluding hydrogens is 320 g/mol. The zero-order valence-electron chi connectivity index (χ0n) is 13.9. The fourth-order valence-corrected chi connectivity index (χ4v) is 2.22. The van der Waals surface area contributed by atoms with Crippen LogP contribution < -0.4 is 11.2 Å². The van der Waals surface area contributed by atoms with Gasteiger partial charge in [-0.3, -0.25) is 0 Å². The minimum Gasteiger partial charge on any atom is -0.443 e. The Hall–Kier alpha value is -2.86. The number of ether oxygens (including phenoxy) is 1. The zero-order chi connectivity index (χ0) is 17.9. The third kappa shape index (κ3) is 7.50. The van der Waals surface area contributed by atoms with Crippen molar-refractivity contribution in [2.45, 2.75) is 31.9 Å². The Kier molecular flexibility index (Phi) is 7.46. The van der Waals surface area contributed by atoms with Crippen LogP contribution in [0.1, 0.15) is 24.0 Å². The van der Waals surface area contributed by atoms with E-state index in [1.807, 2.05) is 66.1 Å². The lowest BCUT2D eigenvalue weighted by Crippen LogP contribution is -2.29. The minimum absolute atomic E-state index is 0.103. The van der Waals surface area contributed by atoms with E-state index in [2.05, 4.69) is 4.84 Å². The molecule has 0 fully saturated rings. The number of rotatable bonds is 7. The van der Waals surface area contributed by atoms with Gasteiger partial charge >= 0.3 is 12.1 Å². The van der Waals surface area contributed by atoms with Crippen LogP contribution in [0.15, 0.2) is 60.7 Å². The van der Waals surface area contributed by atoms with Gasteiger partial charge in [-0.05, 0) is 24.0 Å². The normalized spacial score (nSPS) is 11.4. The maximum Gasteiger partial charge on any atom is 0.441 e. The largest absolute Gasteiger partial charge is 0.443 e. The van der Waals surface area contributed by atoms with Crippen LogP contribution in [-0.4, -0.2) is 18.1 Å². The Labute approximate surface area is 146 Å². The molecule has 1 atom stereocenters. The molecule has 0 bridgehead atoms. The van der Waals surface area contributed by atoms with Crippen molar-refractivity contribution in [2.75, 3.05) is 0 Å². The van der Waals surface area contributed by atoms with Crippen LogP contribution in [0.3, 0.4) is 0 Å². The first-order valence-corrected chi connectivity index (χ1v) is 8.09. The number of carbonyl (C=O) groups excluding carboxylic acids is 2. The van der Waals surface area contributed by atoms with Crippen molar-refractivity contribution in [3.63, 3.8) is 0 Å². The van der Waals surface area contributed by atoms with E-state index in [1.165, 1.54) is 0 Å². The SMILES string of the molecule is N[C@@H](CCC(=O)ONC(=O)OCc1ccccc1)Cc1ccccc1. The van der Waals surface area contributed by atoms with Gasteiger partial charge < -0.3 is 15.3 Å². The van der Waals surface area contributed by atoms with Crippen LogP contribution in [0.4, 0.5) is 4.79 Å². The van der Waals surface area contributed by atoms with Gasteiger partial charge in [0.1, 0.15) is 6.61 Å². The van der Waals surface area contributed by atoms with Crippen LogP contribution in [0.5, 0.6) is 0 Å². The second-order valence-electron chi connectivity index (χ2n) is 5.63. The van der Waals surface area contributed by atoms with Crippen LogP contribution in [0.25, 0.3) is 0 Å².